The molecular formula is C8H14O5S2. The van der Waals surface area contributed by atoms with E-state index in [2.05, 4.69) is 0 Å². The lowest BCUT2D eigenvalue weighted by Crippen LogP contribution is -2.12. The number of unbranched alkanes of at least 4 members (excludes halogenated alkanes) is 1. The number of carboxylic acid groups (broad SMARTS) is 1. The van der Waals surface area contributed by atoms with Gasteiger partial charge in [-0.15, -0.1) is 0 Å². The third-order valence-corrected chi connectivity index (χ3v) is 7.45. The second-order valence-electron chi connectivity index (χ2n) is 3.57. The van der Waals surface area contributed by atoms with E-state index in [1.54, 1.807) is 0 Å². The van der Waals surface area contributed by atoms with Crippen molar-refractivity contribution in [1.29, 1.82) is 0 Å². The number of hydrogen-bond donors (Lipinski definition) is 1. The molecule has 5 nitrogen and oxygen atoms in total. The number of hydrogen-bond acceptors (Lipinski definition) is 4. The van der Waals surface area contributed by atoms with Crippen molar-refractivity contribution in [3.63, 3.8) is 0 Å². The normalized spacial score (nSPS) is 29.1. The van der Waals surface area contributed by atoms with Crippen molar-refractivity contribution in [2.75, 3.05) is 5.75 Å². The first kappa shape index (κ1) is 12.6. The van der Waals surface area contributed by atoms with E-state index >= 15 is 0 Å². The van der Waals surface area contributed by atoms with Gasteiger partial charge in [0.2, 0.25) is 8.87 Å². The van der Waals surface area contributed by atoms with Gasteiger partial charge in [-0.25, -0.2) is 12.6 Å². The van der Waals surface area contributed by atoms with E-state index in [9.17, 15) is 17.4 Å². The van der Waals surface area contributed by atoms with Gasteiger partial charge in [0.05, 0.1) is 11.0 Å². The molecule has 0 radical (unpaired) electrons. The molecular weight excluding hydrogens is 240 g/mol. The average molecular weight is 254 g/mol. The Balaban J connectivity index is 2.30. The molecule has 0 saturated carbocycles. The van der Waals surface area contributed by atoms with E-state index in [4.69, 9.17) is 5.11 Å². The molecule has 0 aromatic carbocycles. The van der Waals surface area contributed by atoms with Crippen molar-refractivity contribution in [2.45, 2.75) is 37.4 Å². The van der Waals surface area contributed by atoms with Crippen LogP contribution in [-0.4, -0.2) is 34.7 Å². The van der Waals surface area contributed by atoms with Crippen LogP contribution in [-0.2, 0) is 23.5 Å². The maximum absolute atomic E-state index is 11.4. The molecule has 2 atom stereocenters. The van der Waals surface area contributed by atoms with Crippen LogP contribution in [0.1, 0.15) is 32.1 Å². The lowest BCUT2D eigenvalue weighted by atomic mass is 10.1. The van der Waals surface area contributed by atoms with Crippen LogP contribution in [0.25, 0.3) is 0 Å². The molecule has 7 heteroatoms. The highest BCUT2D eigenvalue weighted by atomic mass is 33.2. The van der Waals surface area contributed by atoms with Crippen LogP contribution in [0.15, 0.2) is 0 Å². The fourth-order valence-corrected chi connectivity index (χ4v) is 6.12. The maximum Gasteiger partial charge on any atom is 0.303 e. The van der Waals surface area contributed by atoms with Gasteiger partial charge < -0.3 is 5.11 Å². The largest absolute Gasteiger partial charge is 0.481 e. The number of rotatable bonds is 5. The zero-order valence-corrected chi connectivity index (χ0v) is 9.85. The standard InChI is InChI=1S/C8H14O5S2/c9-8(10)4-2-1-3-7-5-6-15(12,13)14(7)11/h7H,1-6H2,(H,9,10)/t7-,14?/m1/s1. The molecule has 1 saturated heterocycles. The second kappa shape index (κ2) is 5.07. The summed E-state index contributed by atoms with van der Waals surface area (Å²) in [7, 11) is -5.13. The van der Waals surface area contributed by atoms with Crippen molar-refractivity contribution in [3.8, 4) is 0 Å². The Morgan fingerprint density at radius 1 is 1.40 bits per heavy atom. The zero-order chi connectivity index (χ0) is 11.5. The van der Waals surface area contributed by atoms with Gasteiger partial charge in [-0.2, -0.15) is 0 Å². The predicted molar refractivity (Wildman–Crippen MR) is 56.4 cm³/mol. The van der Waals surface area contributed by atoms with Crippen LogP contribution < -0.4 is 0 Å². The Bertz CT molecular complexity index is 359. The molecule has 1 unspecified atom stereocenters. The van der Waals surface area contributed by atoms with E-state index in [1.807, 2.05) is 0 Å². The predicted octanol–water partition coefficient (Wildman–Crippen LogP) is 0.482. The minimum absolute atomic E-state index is 0.00318. The highest BCUT2D eigenvalue weighted by Gasteiger charge is 2.36. The summed E-state index contributed by atoms with van der Waals surface area (Å²) in [5, 5.41) is 8.10. The van der Waals surface area contributed by atoms with Crippen LogP contribution >= 0.6 is 0 Å². The minimum Gasteiger partial charge on any atom is -0.481 e. The molecule has 0 bridgehead atoms. The number of carbonyl (C=O) groups is 1. The van der Waals surface area contributed by atoms with Crippen LogP contribution in [0, 0.1) is 0 Å². The molecule has 0 amide bonds. The average Bonchev–Trinajstić information content (AvgIpc) is 2.38. The van der Waals surface area contributed by atoms with Crippen LogP contribution in [0.2, 0.25) is 0 Å². The first-order chi connectivity index (χ1) is 6.93. The Hall–Kier alpha value is -0.430. The molecule has 15 heavy (non-hydrogen) atoms. The first-order valence-electron chi connectivity index (χ1n) is 4.79. The van der Waals surface area contributed by atoms with Crippen LogP contribution in [0.3, 0.4) is 0 Å². The van der Waals surface area contributed by atoms with Gasteiger partial charge in [-0.1, -0.05) is 6.42 Å². The number of aliphatic carboxylic acids is 1. The summed E-state index contributed by atoms with van der Waals surface area (Å²) in [6.45, 7) is 0. The van der Waals surface area contributed by atoms with Gasteiger partial charge in [0.25, 0.3) is 0 Å². The van der Waals surface area contributed by atoms with Crippen molar-refractivity contribution < 1.29 is 22.5 Å². The molecule has 88 valence electrons. The van der Waals surface area contributed by atoms with E-state index < -0.39 is 24.7 Å². The van der Waals surface area contributed by atoms with Crippen LogP contribution in [0.4, 0.5) is 0 Å². The van der Waals surface area contributed by atoms with Crippen molar-refractivity contribution in [1.82, 2.24) is 0 Å². The van der Waals surface area contributed by atoms with Crippen molar-refractivity contribution in [3.05, 3.63) is 0 Å². The van der Waals surface area contributed by atoms with Gasteiger partial charge in [-0.05, 0) is 19.3 Å². The summed E-state index contributed by atoms with van der Waals surface area (Å²) in [4.78, 5) is 10.2. The lowest BCUT2D eigenvalue weighted by molar-refractivity contribution is -0.137. The lowest BCUT2D eigenvalue weighted by Gasteiger charge is -2.04. The van der Waals surface area contributed by atoms with Gasteiger partial charge in [0, 0.05) is 6.42 Å². The molecule has 1 rings (SSSR count). The van der Waals surface area contributed by atoms with Gasteiger partial charge >= 0.3 is 5.97 Å². The van der Waals surface area contributed by atoms with Gasteiger partial charge in [0.1, 0.15) is 9.83 Å². The summed E-state index contributed by atoms with van der Waals surface area (Å²) in [6, 6.07) is 0. The molecule has 1 fully saturated rings. The van der Waals surface area contributed by atoms with E-state index in [0.29, 0.717) is 25.7 Å². The molecule has 0 aliphatic carbocycles. The number of carboxylic acids is 1. The minimum atomic E-state index is -3.37. The van der Waals surface area contributed by atoms with Crippen LogP contribution in [0.5, 0.6) is 0 Å². The Morgan fingerprint density at radius 2 is 2.07 bits per heavy atom. The smallest absolute Gasteiger partial charge is 0.303 e. The Labute approximate surface area is 90.6 Å². The monoisotopic (exact) mass is 254 g/mol. The Morgan fingerprint density at radius 3 is 2.53 bits per heavy atom. The van der Waals surface area contributed by atoms with Gasteiger partial charge in [-0.3, -0.25) is 4.79 Å². The first-order valence-corrected chi connectivity index (χ1v) is 8.17. The summed E-state index contributed by atoms with van der Waals surface area (Å²) >= 11 is 0. The summed E-state index contributed by atoms with van der Waals surface area (Å²) < 4.78 is 33.6. The molecule has 0 aromatic rings. The third-order valence-electron chi connectivity index (χ3n) is 2.38. The van der Waals surface area contributed by atoms with Crippen molar-refractivity contribution in [2.24, 2.45) is 0 Å². The second-order valence-corrected chi connectivity index (χ2v) is 8.79. The third kappa shape index (κ3) is 3.57. The molecule has 1 heterocycles. The maximum atomic E-state index is 11.4. The SMILES string of the molecule is O=C(O)CCCC[C@@H]1CCS(=O)(=O)S1=O. The molecule has 1 aliphatic heterocycles. The molecule has 0 aromatic heterocycles. The molecule has 1 aliphatic rings. The summed E-state index contributed by atoms with van der Waals surface area (Å²) in [6.07, 6.45) is 2.22. The van der Waals surface area contributed by atoms with E-state index in [0.717, 1.165) is 0 Å². The summed E-state index contributed by atoms with van der Waals surface area (Å²) in [5.74, 6) is -0.849. The highest BCUT2D eigenvalue weighted by Crippen LogP contribution is 2.24. The fourth-order valence-electron chi connectivity index (χ4n) is 1.55. The van der Waals surface area contributed by atoms with E-state index in [1.165, 1.54) is 0 Å². The van der Waals surface area contributed by atoms with Crippen molar-refractivity contribution >= 4 is 24.7 Å². The topological polar surface area (TPSA) is 88.5 Å². The quantitative estimate of drug-likeness (QED) is 0.569. The fraction of sp³-hybridized carbons (Fsp3) is 0.875. The summed E-state index contributed by atoms with van der Waals surface area (Å²) in [5.41, 5.74) is 0. The highest BCUT2D eigenvalue weighted by molar-refractivity contribution is 8.64. The zero-order valence-electron chi connectivity index (χ0n) is 8.22. The Kier molecular flexibility index (Phi) is 4.27. The molecule has 0 spiro atoms. The van der Waals surface area contributed by atoms with Gasteiger partial charge in [0.15, 0.2) is 0 Å². The van der Waals surface area contributed by atoms with E-state index in [-0.39, 0.29) is 17.4 Å². The molecule has 1 N–H and O–H groups in total.